The van der Waals surface area contributed by atoms with Crippen LogP contribution < -0.4 is 5.32 Å². The fourth-order valence-corrected chi connectivity index (χ4v) is 2.56. The zero-order chi connectivity index (χ0) is 11.4. The first kappa shape index (κ1) is 11.5. The monoisotopic (exact) mass is 232 g/mol. The summed E-state index contributed by atoms with van der Waals surface area (Å²) in [5.74, 6) is 0. The topological polar surface area (TPSA) is 35.8 Å². The van der Waals surface area contributed by atoms with Gasteiger partial charge in [0, 0.05) is 17.8 Å². The molecule has 0 amide bonds. The number of hydrogen-bond donors (Lipinski definition) is 1. The van der Waals surface area contributed by atoms with Gasteiger partial charge in [0.25, 0.3) is 0 Å². The van der Waals surface area contributed by atoms with Crippen LogP contribution in [0.2, 0.25) is 0 Å². The van der Waals surface area contributed by atoms with E-state index >= 15 is 0 Å². The molecule has 2 rings (SSSR count). The molecule has 0 heterocycles. The van der Waals surface area contributed by atoms with Crippen molar-refractivity contribution in [1.29, 1.82) is 5.26 Å². The Kier molecular flexibility index (Phi) is 3.52. The van der Waals surface area contributed by atoms with Crippen LogP contribution in [0.5, 0.6) is 0 Å². The van der Waals surface area contributed by atoms with E-state index in [1.54, 1.807) is 0 Å². The van der Waals surface area contributed by atoms with Crippen LogP contribution in [0, 0.1) is 11.3 Å². The molecule has 1 aliphatic carbocycles. The molecular weight excluding hydrogens is 216 g/mol. The van der Waals surface area contributed by atoms with E-state index < -0.39 is 0 Å². The van der Waals surface area contributed by atoms with Crippen LogP contribution >= 0.6 is 11.8 Å². The molecule has 1 aliphatic rings. The van der Waals surface area contributed by atoms with Gasteiger partial charge < -0.3 is 5.32 Å². The molecule has 1 fully saturated rings. The van der Waals surface area contributed by atoms with E-state index in [2.05, 4.69) is 17.6 Å². The molecule has 1 N–H and O–H groups in total. The zero-order valence-corrected chi connectivity index (χ0v) is 10.3. The summed E-state index contributed by atoms with van der Waals surface area (Å²) in [6, 6.07) is 10.0. The summed E-state index contributed by atoms with van der Waals surface area (Å²) in [6.07, 6.45) is 4.82. The van der Waals surface area contributed by atoms with Crippen LogP contribution in [-0.4, -0.2) is 17.5 Å². The van der Waals surface area contributed by atoms with Crippen LogP contribution in [0.4, 0.5) is 0 Å². The molecule has 1 aromatic carbocycles. The van der Waals surface area contributed by atoms with Crippen LogP contribution in [0.15, 0.2) is 24.3 Å². The van der Waals surface area contributed by atoms with Gasteiger partial charge in [-0.3, -0.25) is 0 Å². The van der Waals surface area contributed by atoms with E-state index in [1.807, 2.05) is 36.0 Å². The zero-order valence-electron chi connectivity index (χ0n) is 9.49. The van der Waals surface area contributed by atoms with Gasteiger partial charge >= 0.3 is 0 Å². The minimum Gasteiger partial charge on any atom is -0.311 e. The highest BCUT2D eigenvalue weighted by atomic mass is 32.2. The molecule has 1 aromatic rings. The molecule has 0 atom stereocenters. The standard InChI is InChI=1S/C13H16N2S/c1-16-13(6-7-13)10-15-9-12-5-3-2-4-11(12)8-14/h2-5,15H,6-7,9-10H2,1H3. The molecule has 0 spiro atoms. The Morgan fingerprint density at radius 3 is 2.81 bits per heavy atom. The Bertz CT molecular complexity index is 405. The van der Waals surface area contributed by atoms with Gasteiger partial charge in [-0.2, -0.15) is 17.0 Å². The highest BCUT2D eigenvalue weighted by molar-refractivity contribution is 8.00. The lowest BCUT2D eigenvalue weighted by atomic mass is 10.1. The summed E-state index contributed by atoms with van der Waals surface area (Å²) in [5.41, 5.74) is 1.88. The number of benzene rings is 1. The first-order valence-electron chi connectivity index (χ1n) is 5.53. The summed E-state index contributed by atoms with van der Waals surface area (Å²) in [4.78, 5) is 0. The first-order chi connectivity index (χ1) is 7.79. The average Bonchev–Trinajstić information content (AvgIpc) is 3.10. The minimum atomic E-state index is 0.488. The van der Waals surface area contributed by atoms with E-state index in [-0.39, 0.29) is 0 Å². The predicted octanol–water partition coefficient (Wildman–Crippen LogP) is 2.54. The highest BCUT2D eigenvalue weighted by Gasteiger charge is 2.41. The number of thioether (sulfide) groups is 1. The van der Waals surface area contributed by atoms with Crippen molar-refractivity contribution < 1.29 is 0 Å². The van der Waals surface area contributed by atoms with Crippen molar-refractivity contribution in [1.82, 2.24) is 5.32 Å². The molecule has 16 heavy (non-hydrogen) atoms. The maximum Gasteiger partial charge on any atom is 0.0995 e. The SMILES string of the molecule is CSC1(CNCc2ccccc2C#N)CC1. The maximum absolute atomic E-state index is 8.95. The molecule has 1 saturated carbocycles. The molecule has 0 bridgehead atoms. The lowest BCUT2D eigenvalue weighted by Gasteiger charge is -2.13. The third-order valence-electron chi connectivity index (χ3n) is 3.14. The number of rotatable bonds is 5. The molecule has 0 radical (unpaired) electrons. The number of nitriles is 1. The Hall–Kier alpha value is -0.980. The van der Waals surface area contributed by atoms with Crippen molar-refractivity contribution in [2.45, 2.75) is 24.1 Å². The van der Waals surface area contributed by atoms with Crippen molar-refractivity contribution in [3.05, 3.63) is 35.4 Å². The summed E-state index contributed by atoms with van der Waals surface area (Å²) >= 11 is 1.96. The quantitative estimate of drug-likeness (QED) is 0.847. The van der Waals surface area contributed by atoms with Crippen molar-refractivity contribution in [2.24, 2.45) is 0 Å². The normalized spacial score (nSPS) is 16.8. The third-order valence-corrected chi connectivity index (χ3v) is 4.56. The van der Waals surface area contributed by atoms with Gasteiger partial charge in [0.05, 0.1) is 11.6 Å². The highest BCUT2D eigenvalue weighted by Crippen LogP contribution is 2.46. The number of nitrogens with one attached hydrogen (secondary N) is 1. The molecular formula is C13H16N2S. The van der Waals surface area contributed by atoms with Gasteiger partial charge in [0.1, 0.15) is 0 Å². The van der Waals surface area contributed by atoms with E-state index in [0.29, 0.717) is 4.75 Å². The summed E-state index contributed by atoms with van der Waals surface area (Å²) in [5, 5.41) is 12.4. The Morgan fingerprint density at radius 1 is 1.44 bits per heavy atom. The van der Waals surface area contributed by atoms with Crippen LogP contribution in [-0.2, 0) is 6.54 Å². The van der Waals surface area contributed by atoms with Gasteiger partial charge in [0.15, 0.2) is 0 Å². The van der Waals surface area contributed by atoms with Gasteiger partial charge in [-0.05, 0) is 30.7 Å². The lowest BCUT2D eigenvalue weighted by Crippen LogP contribution is -2.25. The van der Waals surface area contributed by atoms with Crippen LogP contribution in [0.25, 0.3) is 0 Å². The van der Waals surface area contributed by atoms with E-state index in [4.69, 9.17) is 5.26 Å². The smallest absolute Gasteiger partial charge is 0.0995 e. The molecule has 0 aliphatic heterocycles. The predicted molar refractivity (Wildman–Crippen MR) is 68.3 cm³/mol. The van der Waals surface area contributed by atoms with Crippen molar-refractivity contribution in [3.63, 3.8) is 0 Å². The van der Waals surface area contributed by atoms with Crippen molar-refractivity contribution in [2.75, 3.05) is 12.8 Å². The second kappa shape index (κ2) is 4.90. The fourth-order valence-electron chi connectivity index (χ4n) is 1.80. The third kappa shape index (κ3) is 2.58. The second-order valence-electron chi connectivity index (χ2n) is 4.26. The van der Waals surface area contributed by atoms with Gasteiger partial charge in [0.2, 0.25) is 0 Å². The van der Waals surface area contributed by atoms with Gasteiger partial charge in [-0.15, -0.1) is 0 Å². The summed E-state index contributed by atoms with van der Waals surface area (Å²) in [7, 11) is 0. The van der Waals surface area contributed by atoms with Gasteiger partial charge in [-0.25, -0.2) is 0 Å². The first-order valence-corrected chi connectivity index (χ1v) is 6.76. The summed E-state index contributed by atoms with van der Waals surface area (Å²) < 4.78 is 0.488. The number of hydrogen-bond acceptors (Lipinski definition) is 3. The van der Waals surface area contributed by atoms with Crippen LogP contribution in [0.3, 0.4) is 0 Å². The average molecular weight is 232 g/mol. The molecule has 0 aromatic heterocycles. The largest absolute Gasteiger partial charge is 0.311 e. The Balaban J connectivity index is 1.88. The lowest BCUT2D eigenvalue weighted by molar-refractivity contribution is 0.662. The molecule has 84 valence electrons. The number of nitrogens with zero attached hydrogens (tertiary/aromatic N) is 1. The molecule has 2 nitrogen and oxygen atoms in total. The maximum atomic E-state index is 8.95. The summed E-state index contributed by atoms with van der Waals surface area (Å²) in [6.45, 7) is 1.85. The fraction of sp³-hybridized carbons (Fsp3) is 0.462. The van der Waals surface area contributed by atoms with E-state index in [0.717, 1.165) is 24.2 Å². The molecule has 0 saturated heterocycles. The molecule has 3 heteroatoms. The van der Waals surface area contributed by atoms with Crippen molar-refractivity contribution >= 4 is 11.8 Å². The second-order valence-corrected chi connectivity index (χ2v) is 5.53. The van der Waals surface area contributed by atoms with E-state index in [9.17, 15) is 0 Å². The Labute approximate surface area is 101 Å². The van der Waals surface area contributed by atoms with Crippen LogP contribution in [0.1, 0.15) is 24.0 Å². The minimum absolute atomic E-state index is 0.488. The molecule has 0 unspecified atom stereocenters. The van der Waals surface area contributed by atoms with E-state index in [1.165, 1.54) is 12.8 Å². The Morgan fingerprint density at radius 2 is 2.19 bits per heavy atom. The van der Waals surface area contributed by atoms with Gasteiger partial charge in [-0.1, -0.05) is 18.2 Å². The van der Waals surface area contributed by atoms with Crippen molar-refractivity contribution in [3.8, 4) is 6.07 Å².